The molecule has 0 aliphatic carbocycles. The van der Waals surface area contributed by atoms with Crippen molar-refractivity contribution in [1.29, 1.82) is 0 Å². The van der Waals surface area contributed by atoms with Crippen molar-refractivity contribution in [3.05, 3.63) is 0 Å². The molecule has 0 spiro atoms. The second-order valence-electron chi connectivity index (χ2n) is 2.17. The Labute approximate surface area is 69.9 Å². The number of ether oxygens (including phenoxy) is 1. The summed E-state index contributed by atoms with van der Waals surface area (Å²) in [5.74, 6) is -2.16. The lowest BCUT2D eigenvalue weighted by molar-refractivity contribution is -0.143. The van der Waals surface area contributed by atoms with Crippen LogP contribution in [0.5, 0.6) is 0 Å². The van der Waals surface area contributed by atoms with E-state index in [0.717, 1.165) is 0 Å². The van der Waals surface area contributed by atoms with E-state index in [9.17, 15) is 9.36 Å². The number of hydrogen-bond donors (Lipinski definition) is 3. The summed E-state index contributed by atoms with van der Waals surface area (Å²) in [6.45, 7) is 1.77. The van der Waals surface area contributed by atoms with E-state index in [-0.39, 0.29) is 6.61 Å². The molecule has 0 aromatic heterocycles. The highest BCUT2D eigenvalue weighted by Crippen LogP contribution is 2.39. The lowest BCUT2D eigenvalue weighted by Crippen LogP contribution is -2.24. The number of esters is 1. The normalized spacial score (nSPS) is 14.0. The van der Waals surface area contributed by atoms with Crippen LogP contribution in [0, 0.1) is 0 Å². The molecule has 7 heteroatoms. The van der Waals surface area contributed by atoms with E-state index in [4.69, 9.17) is 15.5 Å². The summed E-state index contributed by atoms with van der Waals surface area (Å²) < 4.78 is 14.9. The van der Waals surface area contributed by atoms with Crippen LogP contribution in [0.4, 0.5) is 0 Å². The van der Waals surface area contributed by atoms with E-state index < -0.39 is 25.8 Å². The van der Waals surface area contributed by atoms with Gasteiger partial charge in [0.15, 0.2) is 0 Å². The summed E-state index contributed by atoms with van der Waals surface area (Å²) in [6.07, 6.45) is -0.460. The summed E-state index contributed by atoms with van der Waals surface area (Å²) in [5.41, 5.74) is 5.02. The first-order valence-electron chi connectivity index (χ1n) is 3.34. The second kappa shape index (κ2) is 4.57. The highest BCUT2D eigenvalue weighted by molar-refractivity contribution is 7.52. The van der Waals surface area contributed by atoms with Gasteiger partial charge < -0.3 is 20.3 Å². The Bertz CT molecular complexity index is 200. The fourth-order valence-electron chi connectivity index (χ4n) is 0.510. The van der Waals surface area contributed by atoms with Crippen LogP contribution in [-0.2, 0) is 14.1 Å². The Morgan fingerprint density at radius 3 is 2.50 bits per heavy atom. The smallest absolute Gasteiger partial charge is 0.342 e. The van der Waals surface area contributed by atoms with Gasteiger partial charge in [0, 0.05) is 0 Å². The Kier molecular flexibility index (Phi) is 4.41. The van der Waals surface area contributed by atoms with Crippen molar-refractivity contribution < 1.29 is 23.9 Å². The van der Waals surface area contributed by atoms with Gasteiger partial charge in [0.05, 0.1) is 13.0 Å². The first kappa shape index (κ1) is 11.6. The predicted octanol–water partition coefficient (Wildman–Crippen LogP) is -0.598. The number of carbonyl (C=O) groups excluding carboxylic acids is 1. The maximum Gasteiger partial charge on any atom is 0.342 e. The van der Waals surface area contributed by atoms with E-state index in [1.807, 2.05) is 0 Å². The van der Waals surface area contributed by atoms with E-state index in [1.54, 1.807) is 6.92 Å². The quantitative estimate of drug-likeness (QED) is 0.410. The Morgan fingerprint density at radius 2 is 2.17 bits per heavy atom. The largest absolute Gasteiger partial charge is 0.466 e. The van der Waals surface area contributed by atoms with Crippen LogP contribution in [0.15, 0.2) is 0 Å². The molecule has 1 unspecified atom stereocenters. The van der Waals surface area contributed by atoms with Crippen molar-refractivity contribution in [2.45, 2.75) is 19.1 Å². The van der Waals surface area contributed by atoms with Gasteiger partial charge in [-0.15, -0.1) is 0 Å². The first-order valence-corrected chi connectivity index (χ1v) is 5.02. The van der Waals surface area contributed by atoms with Crippen LogP contribution in [0.2, 0.25) is 0 Å². The zero-order valence-corrected chi connectivity index (χ0v) is 7.53. The molecule has 0 aromatic rings. The minimum Gasteiger partial charge on any atom is -0.466 e. The molecule has 0 rings (SSSR count). The van der Waals surface area contributed by atoms with E-state index >= 15 is 0 Å². The van der Waals surface area contributed by atoms with Gasteiger partial charge in [0.25, 0.3) is 0 Å². The Balaban J connectivity index is 3.93. The van der Waals surface area contributed by atoms with Crippen molar-refractivity contribution >= 4 is 13.6 Å². The van der Waals surface area contributed by atoms with Crippen LogP contribution in [0.25, 0.3) is 0 Å². The van der Waals surface area contributed by atoms with Gasteiger partial charge in [-0.05, 0) is 6.92 Å². The zero-order chi connectivity index (χ0) is 9.78. The molecule has 4 N–H and O–H groups in total. The van der Waals surface area contributed by atoms with Crippen LogP contribution < -0.4 is 5.73 Å². The van der Waals surface area contributed by atoms with Crippen LogP contribution in [0.3, 0.4) is 0 Å². The molecule has 0 aliphatic heterocycles. The minimum absolute atomic E-state index is 0.173. The Morgan fingerprint density at radius 1 is 1.67 bits per heavy atom. The third kappa shape index (κ3) is 4.46. The van der Waals surface area contributed by atoms with E-state index in [2.05, 4.69) is 4.74 Å². The maximum atomic E-state index is 10.7. The molecule has 6 nitrogen and oxygen atoms in total. The lowest BCUT2D eigenvalue weighted by atomic mass is 10.4. The number of carbonyl (C=O) groups is 1. The third-order valence-corrected chi connectivity index (χ3v) is 2.16. The topological polar surface area (TPSA) is 110 Å². The molecule has 0 saturated carbocycles. The van der Waals surface area contributed by atoms with Crippen LogP contribution in [0.1, 0.15) is 13.3 Å². The van der Waals surface area contributed by atoms with Crippen molar-refractivity contribution in [3.63, 3.8) is 0 Å². The van der Waals surface area contributed by atoms with Crippen molar-refractivity contribution in [3.8, 4) is 0 Å². The highest BCUT2D eigenvalue weighted by atomic mass is 31.2. The summed E-state index contributed by atoms with van der Waals surface area (Å²) in [7, 11) is -4.36. The molecule has 0 aliphatic rings. The van der Waals surface area contributed by atoms with E-state index in [0.29, 0.717) is 0 Å². The van der Waals surface area contributed by atoms with Crippen molar-refractivity contribution in [2.24, 2.45) is 5.73 Å². The molecule has 0 aromatic carbocycles. The standard InChI is InChI=1S/C5H12NO5P/c1-2-11-5(7)3-4(6)12(8,9)10/h4H,2-3,6H2,1H3,(H2,8,9,10). The maximum absolute atomic E-state index is 10.7. The van der Waals surface area contributed by atoms with Gasteiger partial charge >= 0.3 is 13.6 Å². The molecule has 0 amide bonds. The van der Waals surface area contributed by atoms with Gasteiger partial charge in [0.2, 0.25) is 0 Å². The third-order valence-electron chi connectivity index (χ3n) is 1.11. The van der Waals surface area contributed by atoms with Crippen LogP contribution in [-0.4, -0.2) is 28.1 Å². The van der Waals surface area contributed by atoms with E-state index in [1.165, 1.54) is 0 Å². The molecule has 0 radical (unpaired) electrons. The van der Waals surface area contributed by atoms with Gasteiger partial charge in [-0.2, -0.15) is 0 Å². The monoisotopic (exact) mass is 197 g/mol. The van der Waals surface area contributed by atoms with Crippen molar-refractivity contribution in [2.75, 3.05) is 6.61 Å². The average Bonchev–Trinajstić information content (AvgIpc) is 1.85. The molecule has 12 heavy (non-hydrogen) atoms. The first-order chi connectivity index (χ1) is 5.38. The molecular formula is C5H12NO5P. The summed E-state index contributed by atoms with van der Waals surface area (Å²) in [5, 5.41) is 0. The van der Waals surface area contributed by atoms with Crippen molar-refractivity contribution in [1.82, 2.24) is 0 Å². The van der Waals surface area contributed by atoms with Crippen LogP contribution >= 0.6 is 7.60 Å². The summed E-state index contributed by atoms with van der Waals surface area (Å²) in [6, 6.07) is 0. The average molecular weight is 197 g/mol. The SMILES string of the molecule is CCOC(=O)CC(N)P(=O)(O)O. The zero-order valence-electron chi connectivity index (χ0n) is 6.64. The number of nitrogens with two attached hydrogens (primary N) is 1. The fourth-order valence-corrected chi connectivity index (χ4v) is 0.896. The molecule has 1 atom stereocenters. The molecule has 0 saturated heterocycles. The molecule has 0 heterocycles. The minimum atomic E-state index is -4.36. The van der Waals surface area contributed by atoms with Gasteiger partial charge in [-0.3, -0.25) is 9.36 Å². The molecule has 0 fully saturated rings. The predicted molar refractivity (Wildman–Crippen MR) is 41.3 cm³/mol. The summed E-state index contributed by atoms with van der Waals surface area (Å²) >= 11 is 0. The Hall–Kier alpha value is -0.420. The van der Waals surface area contributed by atoms with Gasteiger partial charge in [0.1, 0.15) is 5.78 Å². The molecular weight excluding hydrogens is 185 g/mol. The van der Waals surface area contributed by atoms with Gasteiger partial charge in [-0.25, -0.2) is 0 Å². The second-order valence-corrected chi connectivity index (χ2v) is 4.01. The fraction of sp³-hybridized carbons (Fsp3) is 0.800. The molecule has 72 valence electrons. The summed E-state index contributed by atoms with van der Waals surface area (Å²) in [4.78, 5) is 27.6. The molecule has 0 bridgehead atoms. The van der Waals surface area contributed by atoms with Gasteiger partial charge in [-0.1, -0.05) is 0 Å². The lowest BCUT2D eigenvalue weighted by Gasteiger charge is -2.11. The highest BCUT2D eigenvalue weighted by Gasteiger charge is 2.27. The number of hydrogen-bond acceptors (Lipinski definition) is 4. The number of rotatable bonds is 4.